The molecule has 0 saturated carbocycles. The zero-order valence-electron chi connectivity index (χ0n) is 16.7. The summed E-state index contributed by atoms with van der Waals surface area (Å²) in [5.74, 6) is 1.04. The van der Waals surface area contributed by atoms with Crippen LogP contribution >= 0.6 is 0 Å². The maximum atomic E-state index is 13.0. The third-order valence-corrected chi connectivity index (χ3v) is 5.91. The van der Waals surface area contributed by atoms with Crippen LogP contribution in [0.1, 0.15) is 18.5 Å². The fraction of sp³-hybridized carbons (Fsp3) is 0.421. The van der Waals surface area contributed by atoms with Gasteiger partial charge in [-0.05, 0) is 19.8 Å². The van der Waals surface area contributed by atoms with Crippen molar-refractivity contribution in [2.75, 3.05) is 23.4 Å². The average molecular weight is 407 g/mol. The van der Waals surface area contributed by atoms with Crippen LogP contribution in [0.15, 0.2) is 29.6 Å². The zero-order valence-corrected chi connectivity index (χ0v) is 16.7. The SMILES string of the molecule is Cc1nc2nccn2cc1Nc1ncc2c(n1)n(N1CC3CCC(C1)O3)c(=O)n2C. The molecule has 154 valence electrons. The Bertz CT molecular complexity index is 1330. The Balaban J connectivity index is 1.42. The monoisotopic (exact) mass is 407 g/mol. The molecule has 1 N–H and O–H groups in total. The first-order valence-electron chi connectivity index (χ1n) is 9.99. The van der Waals surface area contributed by atoms with Crippen molar-refractivity contribution in [2.24, 2.45) is 7.05 Å². The molecule has 30 heavy (non-hydrogen) atoms. The van der Waals surface area contributed by atoms with E-state index in [-0.39, 0.29) is 17.9 Å². The van der Waals surface area contributed by atoms with Crippen LogP contribution in [0.3, 0.4) is 0 Å². The smallest absolute Gasteiger partial charge is 0.349 e. The van der Waals surface area contributed by atoms with Gasteiger partial charge >= 0.3 is 5.69 Å². The Hall–Kier alpha value is -3.47. The minimum Gasteiger partial charge on any atom is -0.371 e. The van der Waals surface area contributed by atoms with Crippen molar-refractivity contribution in [3.63, 3.8) is 0 Å². The number of ether oxygens (including phenoxy) is 1. The highest BCUT2D eigenvalue weighted by Gasteiger charge is 2.35. The van der Waals surface area contributed by atoms with E-state index in [1.165, 1.54) is 0 Å². The molecule has 2 saturated heterocycles. The Morgan fingerprint density at radius 1 is 1.17 bits per heavy atom. The number of hydrogen-bond acceptors (Lipinski definition) is 8. The van der Waals surface area contributed by atoms with Gasteiger partial charge in [0.05, 0.1) is 42.9 Å². The van der Waals surface area contributed by atoms with E-state index in [2.05, 4.69) is 25.3 Å². The van der Waals surface area contributed by atoms with Crippen molar-refractivity contribution in [2.45, 2.75) is 32.0 Å². The first-order valence-corrected chi connectivity index (χ1v) is 9.99. The molecule has 6 heterocycles. The van der Waals surface area contributed by atoms with Gasteiger partial charge in [0, 0.05) is 25.6 Å². The number of aromatic nitrogens is 7. The van der Waals surface area contributed by atoms with Gasteiger partial charge in [-0.15, -0.1) is 0 Å². The average Bonchev–Trinajstić information content (AvgIpc) is 3.39. The van der Waals surface area contributed by atoms with Crippen LogP contribution in [0.4, 0.5) is 11.6 Å². The molecule has 11 nitrogen and oxygen atoms in total. The van der Waals surface area contributed by atoms with Gasteiger partial charge in [0.25, 0.3) is 0 Å². The molecular weight excluding hydrogens is 386 g/mol. The van der Waals surface area contributed by atoms with Crippen LogP contribution in [0.2, 0.25) is 0 Å². The summed E-state index contributed by atoms with van der Waals surface area (Å²) in [7, 11) is 1.74. The molecule has 0 spiro atoms. The summed E-state index contributed by atoms with van der Waals surface area (Å²) in [4.78, 5) is 30.8. The Morgan fingerprint density at radius 3 is 2.77 bits per heavy atom. The third kappa shape index (κ3) is 2.58. The van der Waals surface area contributed by atoms with Crippen molar-refractivity contribution in [1.82, 2.24) is 33.6 Å². The summed E-state index contributed by atoms with van der Waals surface area (Å²) in [5, 5.41) is 5.29. The topological polar surface area (TPSA) is 107 Å². The molecule has 4 aromatic heterocycles. The number of morpholine rings is 1. The normalized spacial score (nSPS) is 21.1. The summed E-state index contributed by atoms with van der Waals surface area (Å²) in [5.41, 5.74) is 2.69. The standard InChI is InChI=1S/C19H21N9O2/c1-11-14(10-26-6-5-20-18(26)22-11)23-17-21-7-15-16(24-17)28(19(29)25(15)2)27-8-12-3-4-13(9-27)30-12/h5-7,10,12-13H,3-4,8-9H2,1-2H3,(H,21,23,24). The zero-order chi connectivity index (χ0) is 20.4. The van der Waals surface area contributed by atoms with E-state index in [4.69, 9.17) is 9.72 Å². The lowest BCUT2D eigenvalue weighted by Crippen LogP contribution is -2.52. The number of nitrogens with zero attached hydrogens (tertiary/aromatic N) is 8. The third-order valence-electron chi connectivity index (χ3n) is 5.91. The van der Waals surface area contributed by atoms with Gasteiger partial charge in [-0.1, -0.05) is 0 Å². The molecule has 2 bridgehead atoms. The Labute approximate surface area is 170 Å². The van der Waals surface area contributed by atoms with Gasteiger partial charge in [0.1, 0.15) is 5.52 Å². The fourth-order valence-electron chi connectivity index (χ4n) is 4.34. The van der Waals surface area contributed by atoms with Crippen LogP contribution in [0, 0.1) is 6.92 Å². The number of imidazole rings is 2. The molecule has 0 aromatic carbocycles. The number of aryl methyl sites for hydroxylation is 2. The molecule has 11 heteroatoms. The van der Waals surface area contributed by atoms with Crippen molar-refractivity contribution < 1.29 is 4.74 Å². The maximum Gasteiger partial charge on any atom is 0.349 e. The predicted octanol–water partition coefficient (Wildman–Crippen LogP) is 0.724. The van der Waals surface area contributed by atoms with Crippen molar-refractivity contribution in [3.05, 3.63) is 41.0 Å². The molecule has 2 aliphatic heterocycles. The second kappa shape index (κ2) is 6.26. The summed E-state index contributed by atoms with van der Waals surface area (Å²) < 4.78 is 11.0. The second-order valence-corrected chi connectivity index (χ2v) is 7.88. The van der Waals surface area contributed by atoms with Crippen LogP contribution < -0.4 is 16.0 Å². The molecule has 2 unspecified atom stereocenters. The Kier molecular flexibility index (Phi) is 3.63. The highest BCUT2D eigenvalue weighted by Crippen LogP contribution is 2.26. The number of anilines is 2. The predicted molar refractivity (Wildman–Crippen MR) is 110 cm³/mol. The number of hydrogen-bond donors (Lipinski definition) is 1. The second-order valence-electron chi connectivity index (χ2n) is 7.88. The van der Waals surface area contributed by atoms with Crippen molar-refractivity contribution >= 4 is 28.6 Å². The molecule has 6 rings (SSSR count). The van der Waals surface area contributed by atoms with Gasteiger partial charge < -0.3 is 15.1 Å². The van der Waals surface area contributed by atoms with Crippen molar-refractivity contribution in [1.29, 1.82) is 0 Å². The first-order chi connectivity index (χ1) is 14.6. The van der Waals surface area contributed by atoms with E-state index in [9.17, 15) is 4.79 Å². The first kappa shape index (κ1) is 17.4. The summed E-state index contributed by atoms with van der Waals surface area (Å²) in [6, 6.07) is 0. The van der Waals surface area contributed by atoms with Crippen LogP contribution in [-0.2, 0) is 11.8 Å². The van der Waals surface area contributed by atoms with E-state index in [0.717, 1.165) is 24.2 Å². The highest BCUT2D eigenvalue weighted by atomic mass is 16.5. The lowest BCUT2D eigenvalue weighted by atomic mass is 10.2. The fourth-order valence-corrected chi connectivity index (χ4v) is 4.34. The summed E-state index contributed by atoms with van der Waals surface area (Å²) in [6.07, 6.45) is 9.51. The number of fused-ring (bicyclic) bond motifs is 4. The molecule has 0 radical (unpaired) electrons. The van der Waals surface area contributed by atoms with Crippen molar-refractivity contribution in [3.8, 4) is 0 Å². The molecule has 0 amide bonds. The molecular formula is C19H21N9O2. The quantitative estimate of drug-likeness (QED) is 0.530. The van der Waals surface area contributed by atoms with Gasteiger partial charge in [0.15, 0.2) is 5.65 Å². The highest BCUT2D eigenvalue weighted by molar-refractivity contribution is 5.73. The largest absolute Gasteiger partial charge is 0.371 e. The number of nitrogens with one attached hydrogen (secondary N) is 1. The minimum absolute atomic E-state index is 0.129. The maximum absolute atomic E-state index is 13.0. The van der Waals surface area contributed by atoms with Crippen LogP contribution in [-0.4, -0.2) is 58.9 Å². The molecule has 2 aliphatic rings. The van der Waals surface area contributed by atoms with Gasteiger partial charge in [-0.25, -0.2) is 19.7 Å². The molecule has 4 aromatic rings. The van der Waals surface area contributed by atoms with E-state index < -0.39 is 0 Å². The van der Waals surface area contributed by atoms with Crippen LogP contribution in [0.5, 0.6) is 0 Å². The number of rotatable bonds is 3. The van der Waals surface area contributed by atoms with E-state index in [0.29, 0.717) is 36.0 Å². The van der Waals surface area contributed by atoms with E-state index in [1.807, 2.05) is 23.7 Å². The van der Waals surface area contributed by atoms with E-state index in [1.54, 1.807) is 28.7 Å². The molecule has 2 atom stereocenters. The van der Waals surface area contributed by atoms with E-state index >= 15 is 0 Å². The minimum atomic E-state index is -0.129. The van der Waals surface area contributed by atoms with Gasteiger partial charge in [-0.2, -0.15) is 9.66 Å². The molecule has 2 fully saturated rings. The lowest BCUT2D eigenvalue weighted by molar-refractivity contribution is 0.0214. The van der Waals surface area contributed by atoms with Gasteiger partial charge in [0.2, 0.25) is 11.7 Å². The lowest BCUT2D eigenvalue weighted by Gasteiger charge is -2.33. The van der Waals surface area contributed by atoms with Gasteiger partial charge in [-0.3, -0.25) is 8.97 Å². The van der Waals surface area contributed by atoms with Crippen LogP contribution in [0.25, 0.3) is 16.9 Å². The summed E-state index contributed by atoms with van der Waals surface area (Å²) in [6.45, 7) is 3.27. The summed E-state index contributed by atoms with van der Waals surface area (Å²) >= 11 is 0. The Morgan fingerprint density at radius 2 is 1.97 bits per heavy atom. The molecule has 0 aliphatic carbocycles.